The lowest BCUT2D eigenvalue weighted by Crippen LogP contribution is -2.40. The number of imidazole rings is 1. The average Bonchev–Trinajstić information content (AvgIpc) is 2.97. The van der Waals surface area contributed by atoms with E-state index in [2.05, 4.69) is 46.1 Å². The first-order chi connectivity index (χ1) is 11.4. The van der Waals surface area contributed by atoms with Crippen LogP contribution in [0.4, 0.5) is 0 Å². The molecule has 0 aromatic carbocycles. The van der Waals surface area contributed by atoms with E-state index in [4.69, 9.17) is 9.72 Å². The van der Waals surface area contributed by atoms with Crippen LogP contribution in [0.5, 0.6) is 0 Å². The maximum absolute atomic E-state index is 5.41. The van der Waals surface area contributed by atoms with Crippen molar-refractivity contribution in [1.29, 1.82) is 0 Å². The molecule has 0 aliphatic heterocycles. The van der Waals surface area contributed by atoms with Crippen molar-refractivity contribution in [2.24, 2.45) is 4.99 Å². The van der Waals surface area contributed by atoms with Crippen LogP contribution in [0.25, 0.3) is 5.65 Å². The zero-order chi connectivity index (χ0) is 17.6. The van der Waals surface area contributed by atoms with Crippen molar-refractivity contribution in [2.75, 3.05) is 26.7 Å². The van der Waals surface area contributed by atoms with Crippen molar-refractivity contribution in [2.45, 2.75) is 39.7 Å². The summed E-state index contributed by atoms with van der Waals surface area (Å²) in [6, 6.07) is 4.12. The van der Waals surface area contributed by atoms with Crippen LogP contribution < -0.4 is 10.6 Å². The quantitative estimate of drug-likeness (QED) is 0.380. The topological polar surface area (TPSA) is 63.0 Å². The maximum atomic E-state index is 5.41. The summed E-state index contributed by atoms with van der Waals surface area (Å²) in [5.74, 6) is 0.808. The molecule has 140 valence electrons. The molecule has 0 aliphatic rings. The van der Waals surface area contributed by atoms with E-state index in [0.29, 0.717) is 6.54 Å². The first kappa shape index (κ1) is 21.7. The average molecular weight is 459 g/mol. The van der Waals surface area contributed by atoms with Gasteiger partial charge >= 0.3 is 0 Å². The molecule has 0 bridgehead atoms. The smallest absolute Gasteiger partial charge is 0.191 e. The highest BCUT2D eigenvalue weighted by Gasteiger charge is 2.15. The molecule has 0 saturated carbocycles. The summed E-state index contributed by atoms with van der Waals surface area (Å²) in [5.41, 5.74) is 3.02. The molecule has 0 saturated heterocycles. The molecule has 2 heterocycles. The van der Waals surface area contributed by atoms with Gasteiger partial charge in [-0.25, -0.2) is 4.98 Å². The second-order valence-corrected chi connectivity index (χ2v) is 6.49. The van der Waals surface area contributed by atoms with Crippen LogP contribution in [0.15, 0.2) is 29.5 Å². The number of aromatic nitrogens is 2. The Kier molecular flexibility index (Phi) is 8.64. The number of nitrogens with one attached hydrogen (secondary N) is 2. The summed E-state index contributed by atoms with van der Waals surface area (Å²) < 4.78 is 7.48. The highest BCUT2D eigenvalue weighted by atomic mass is 127. The summed E-state index contributed by atoms with van der Waals surface area (Å²) in [4.78, 5) is 9.28. The van der Waals surface area contributed by atoms with Crippen LogP contribution in [0.1, 0.15) is 32.0 Å². The monoisotopic (exact) mass is 459 g/mol. The number of pyridine rings is 1. The van der Waals surface area contributed by atoms with Crippen LogP contribution in [-0.2, 0) is 11.2 Å². The Bertz CT molecular complexity index is 696. The molecular formula is C18H30IN5O. The van der Waals surface area contributed by atoms with Crippen molar-refractivity contribution in [3.63, 3.8) is 0 Å². The zero-order valence-corrected chi connectivity index (χ0v) is 18.1. The SMILES string of the molecule is CCNC(=NCC(C)(C)OC)NCCc1cn2cccc(C)c2n1.I. The van der Waals surface area contributed by atoms with Crippen molar-refractivity contribution < 1.29 is 4.74 Å². The lowest BCUT2D eigenvalue weighted by molar-refractivity contribution is 0.0310. The molecule has 6 nitrogen and oxygen atoms in total. The molecular weight excluding hydrogens is 429 g/mol. The number of fused-ring (bicyclic) bond motifs is 1. The van der Waals surface area contributed by atoms with E-state index in [1.54, 1.807) is 7.11 Å². The Morgan fingerprint density at radius 2 is 2.12 bits per heavy atom. The fourth-order valence-electron chi connectivity index (χ4n) is 2.31. The van der Waals surface area contributed by atoms with Crippen molar-refractivity contribution in [3.05, 3.63) is 35.8 Å². The Morgan fingerprint density at radius 1 is 1.36 bits per heavy atom. The van der Waals surface area contributed by atoms with Crippen LogP contribution in [0, 0.1) is 6.92 Å². The van der Waals surface area contributed by atoms with Crippen LogP contribution in [0.2, 0.25) is 0 Å². The van der Waals surface area contributed by atoms with Gasteiger partial charge in [0.25, 0.3) is 0 Å². The van der Waals surface area contributed by atoms with E-state index in [1.165, 1.54) is 5.56 Å². The van der Waals surface area contributed by atoms with Crippen LogP contribution >= 0.6 is 24.0 Å². The number of halogens is 1. The second kappa shape index (κ2) is 9.96. The van der Waals surface area contributed by atoms with Crippen molar-refractivity contribution >= 4 is 35.6 Å². The molecule has 0 amide bonds. The van der Waals surface area contributed by atoms with Gasteiger partial charge in [0.1, 0.15) is 5.65 Å². The van der Waals surface area contributed by atoms with E-state index in [-0.39, 0.29) is 29.6 Å². The molecule has 0 radical (unpaired) electrons. The third kappa shape index (κ3) is 6.47. The minimum absolute atomic E-state index is 0. The molecule has 2 aromatic rings. The summed E-state index contributed by atoms with van der Waals surface area (Å²) >= 11 is 0. The summed E-state index contributed by atoms with van der Waals surface area (Å²) in [7, 11) is 1.71. The number of aryl methyl sites for hydroxylation is 1. The van der Waals surface area contributed by atoms with E-state index in [0.717, 1.165) is 36.8 Å². The maximum Gasteiger partial charge on any atom is 0.191 e. The Labute approximate surface area is 167 Å². The van der Waals surface area contributed by atoms with E-state index in [9.17, 15) is 0 Å². The molecule has 7 heteroatoms. The number of guanidine groups is 1. The van der Waals surface area contributed by atoms with Gasteiger partial charge in [0, 0.05) is 39.0 Å². The van der Waals surface area contributed by atoms with Gasteiger partial charge < -0.3 is 19.8 Å². The van der Waals surface area contributed by atoms with Gasteiger partial charge in [0.2, 0.25) is 0 Å². The molecule has 2 rings (SSSR count). The minimum Gasteiger partial charge on any atom is -0.377 e. The highest BCUT2D eigenvalue weighted by Crippen LogP contribution is 2.10. The fourth-order valence-corrected chi connectivity index (χ4v) is 2.31. The lowest BCUT2D eigenvalue weighted by Gasteiger charge is -2.21. The molecule has 0 aliphatic carbocycles. The van der Waals surface area contributed by atoms with E-state index >= 15 is 0 Å². The Morgan fingerprint density at radius 3 is 2.76 bits per heavy atom. The van der Waals surface area contributed by atoms with Crippen molar-refractivity contribution in [1.82, 2.24) is 20.0 Å². The van der Waals surface area contributed by atoms with Gasteiger partial charge in [-0.1, -0.05) is 6.07 Å². The number of methoxy groups -OCH3 is 1. The number of aliphatic imine (C=N–C) groups is 1. The van der Waals surface area contributed by atoms with Crippen LogP contribution in [-0.4, -0.2) is 47.7 Å². The number of rotatable bonds is 7. The Balaban J connectivity index is 0.00000312. The predicted octanol–water partition coefficient (Wildman–Crippen LogP) is 2.78. The van der Waals surface area contributed by atoms with Crippen LogP contribution in [0.3, 0.4) is 0 Å². The normalized spacial score (nSPS) is 12.1. The van der Waals surface area contributed by atoms with Gasteiger partial charge in [-0.15, -0.1) is 24.0 Å². The van der Waals surface area contributed by atoms with Gasteiger partial charge in [-0.3, -0.25) is 4.99 Å². The fraction of sp³-hybridized carbons (Fsp3) is 0.556. The zero-order valence-electron chi connectivity index (χ0n) is 15.8. The van der Waals surface area contributed by atoms with Gasteiger partial charge in [0.15, 0.2) is 5.96 Å². The molecule has 25 heavy (non-hydrogen) atoms. The summed E-state index contributed by atoms with van der Waals surface area (Å²) in [6.07, 6.45) is 4.96. The summed E-state index contributed by atoms with van der Waals surface area (Å²) in [5, 5.41) is 6.62. The summed E-state index contributed by atoms with van der Waals surface area (Å²) in [6.45, 7) is 10.4. The third-order valence-electron chi connectivity index (χ3n) is 3.92. The molecule has 2 aromatic heterocycles. The highest BCUT2D eigenvalue weighted by molar-refractivity contribution is 14.0. The Hall–Kier alpha value is -1.35. The largest absolute Gasteiger partial charge is 0.377 e. The van der Waals surface area contributed by atoms with Gasteiger partial charge in [-0.2, -0.15) is 0 Å². The minimum atomic E-state index is -0.262. The lowest BCUT2D eigenvalue weighted by atomic mass is 10.1. The third-order valence-corrected chi connectivity index (χ3v) is 3.92. The molecule has 0 spiro atoms. The van der Waals surface area contributed by atoms with Gasteiger partial charge in [-0.05, 0) is 39.3 Å². The van der Waals surface area contributed by atoms with E-state index in [1.807, 2.05) is 26.1 Å². The number of nitrogens with zero attached hydrogens (tertiary/aromatic N) is 3. The number of hydrogen-bond donors (Lipinski definition) is 2. The number of hydrogen-bond acceptors (Lipinski definition) is 3. The first-order valence-electron chi connectivity index (χ1n) is 8.45. The first-order valence-corrected chi connectivity index (χ1v) is 8.45. The van der Waals surface area contributed by atoms with Gasteiger partial charge in [0.05, 0.1) is 17.8 Å². The molecule has 0 atom stereocenters. The number of ether oxygens (including phenoxy) is 1. The second-order valence-electron chi connectivity index (χ2n) is 6.49. The van der Waals surface area contributed by atoms with E-state index < -0.39 is 0 Å². The predicted molar refractivity (Wildman–Crippen MR) is 114 cm³/mol. The molecule has 0 unspecified atom stereocenters. The standard InChI is InChI=1S/C18H29N5O.HI/c1-6-19-17(21-13-18(3,4)24-5)20-10-9-15-12-23-11-7-8-14(2)16(23)22-15;/h7-8,11-12H,6,9-10,13H2,1-5H3,(H2,19,20,21);1H. The van der Waals surface area contributed by atoms with Crippen molar-refractivity contribution in [3.8, 4) is 0 Å². The molecule has 0 fully saturated rings. The molecule has 2 N–H and O–H groups in total.